The van der Waals surface area contributed by atoms with E-state index in [4.69, 9.17) is 4.74 Å². The molecule has 7 nitrogen and oxygen atoms in total. The van der Waals surface area contributed by atoms with Crippen molar-refractivity contribution in [3.63, 3.8) is 0 Å². The molecule has 1 amide bonds. The summed E-state index contributed by atoms with van der Waals surface area (Å²) < 4.78 is 21.1. The minimum absolute atomic E-state index is 0.0469. The summed E-state index contributed by atoms with van der Waals surface area (Å²) in [5.41, 5.74) is 3.23. The molecule has 4 aliphatic rings. The molecule has 5 rings (SSSR count). The predicted octanol–water partition coefficient (Wildman–Crippen LogP) is 6.95. The Morgan fingerprint density at radius 3 is 2.39 bits per heavy atom. The molecule has 1 aromatic rings. The van der Waals surface area contributed by atoms with Crippen LogP contribution in [-0.4, -0.2) is 85.2 Å². The fourth-order valence-electron chi connectivity index (χ4n) is 7.12. The summed E-state index contributed by atoms with van der Waals surface area (Å²) in [4.78, 5) is 28.9. The molecule has 3 fully saturated rings. The van der Waals surface area contributed by atoms with Gasteiger partial charge in [0.15, 0.2) is 11.6 Å². The Morgan fingerprint density at radius 2 is 1.75 bits per heavy atom. The van der Waals surface area contributed by atoms with Crippen LogP contribution in [0.1, 0.15) is 90.0 Å². The van der Waals surface area contributed by atoms with Gasteiger partial charge in [-0.05, 0) is 120 Å². The molecule has 1 atom stereocenters. The van der Waals surface area contributed by atoms with Crippen LogP contribution in [-0.2, 0) is 4.79 Å². The van der Waals surface area contributed by atoms with E-state index in [9.17, 15) is 4.79 Å². The van der Waals surface area contributed by atoms with Gasteiger partial charge in [-0.25, -0.2) is 14.4 Å². The molecule has 0 radical (unpaired) electrons. The van der Waals surface area contributed by atoms with E-state index in [0.29, 0.717) is 36.2 Å². The van der Waals surface area contributed by atoms with Crippen LogP contribution < -0.4 is 4.74 Å². The highest BCUT2D eigenvalue weighted by molar-refractivity contribution is 5.84. The Bertz CT molecular complexity index is 1220. The average molecular weight is 606 g/mol. The maximum absolute atomic E-state index is 15.1. The molecule has 44 heavy (non-hydrogen) atoms. The largest absolute Gasteiger partial charge is 0.490 e. The summed E-state index contributed by atoms with van der Waals surface area (Å²) in [5.74, 6) is 1.37. The lowest BCUT2D eigenvalue weighted by molar-refractivity contribution is -0.137. The molecule has 1 aliphatic carbocycles. The van der Waals surface area contributed by atoms with Crippen LogP contribution in [0.15, 0.2) is 46.0 Å². The molecule has 0 N–H and O–H groups in total. The fourth-order valence-corrected chi connectivity index (χ4v) is 7.12. The van der Waals surface area contributed by atoms with Crippen molar-refractivity contribution in [2.45, 2.75) is 90.5 Å². The predicted molar refractivity (Wildman–Crippen MR) is 178 cm³/mol. The zero-order chi connectivity index (χ0) is 30.9. The van der Waals surface area contributed by atoms with Gasteiger partial charge in [0.05, 0.1) is 6.61 Å². The van der Waals surface area contributed by atoms with Gasteiger partial charge in [0.1, 0.15) is 0 Å². The number of carbonyl (C=O) groups is 1. The Hall–Kier alpha value is -3.00. The van der Waals surface area contributed by atoms with Crippen LogP contribution in [0, 0.1) is 17.7 Å². The minimum Gasteiger partial charge on any atom is -0.490 e. The van der Waals surface area contributed by atoms with E-state index >= 15 is 4.39 Å². The van der Waals surface area contributed by atoms with Gasteiger partial charge >= 0.3 is 0 Å². The highest BCUT2D eigenvalue weighted by atomic mass is 19.1. The van der Waals surface area contributed by atoms with E-state index in [1.807, 2.05) is 12.3 Å². The smallest absolute Gasteiger partial charge is 0.226 e. The number of hydrogen-bond donors (Lipinski definition) is 0. The minimum atomic E-state index is -0.320. The second-order valence-electron chi connectivity index (χ2n) is 13.2. The van der Waals surface area contributed by atoms with Crippen molar-refractivity contribution in [2.24, 2.45) is 21.8 Å². The number of likely N-dealkylation sites (tertiary alicyclic amines) is 3. The van der Waals surface area contributed by atoms with E-state index in [0.717, 1.165) is 88.7 Å². The molecule has 3 aliphatic heterocycles. The van der Waals surface area contributed by atoms with Crippen LogP contribution in [0.5, 0.6) is 5.75 Å². The van der Waals surface area contributed by atoms with Crippen molar-refractivity contribution in [3.8, 4) is 5.75 Å². The number of benzene rings is 1. The molecule has 3 saturated heterocycles. The van der Waals surface area contributed by atoms with Crippen LogP contribution in [0.4, 0.5) is 4.39 Å². The summed E-state index contributed by atoms with van der Waals surface area (Å²) >= 11 is 0. The van der Waals surface area contributed by atoms with Gasteiger partial charge in [0.25, 0.3) is 0 Å². The number of aliphatic imine (C=N–C) groups is 2. The summed E-state index contributed by atoms with van der Waals surface area (Å²) in [5, 5.41) is 0. The standard InChI is InChI=1S/C36H52FN5O2/c1-4-27(2)25-39-36(38-3)42-20-14-28(15-21-42)26-44-34-13-12-31(24-33(34)37)29-8-10-30(11-9-29)35(43)41-22-16-32(17-23-41)40-18-6-5-7-19-40/h8,12-13,24-25,28,30,32H,3-7,9-11,14-23,26H2,1-2H3/b27-25+,39-36+. The second-order valence-corrected chi connectivity index (χ2v) is 13.2. The number of nitrogens with zero attached hydrogens (tertiary/aromatic N) is 5. The maximum atomic E-state index is 15.1. The van der Waals surface area contributed by atoms with Crippen LogP contribution in [0.2, 0.25) is 0 Å². The zero-order valence-corrected chi connectivity index (χ0v) is 27.0. The monoisotopic (exact) mass is 605 g/mol. The van der Waals surface area contributed by atoms with Crippen LogP contribution in [0.25, 0.3) is 5.57 Å². The molecule has 1 aromatic carbocycles. The third-order valence-corrected chi connectivity index (χ3v) is 10.2. The highest BCUT2D eigenvalue weighted by Crippen LogP contribution is 2.34. The third-order valence-electron chi connectivity index (χ3n) is 10.2. The Kier molecular flexibility index (Phi) is 11.7. The molecule has 0 bridgehead atoms. The van der Waals surface area contributed by atoms with Gasteiger partial charge in [-0.1, -0.05) is 31.1 Å². The van der Waals surface area contributed by atoms with Gasteiger partial charge in [0, 0.05) is 44.3 Å². The molecule has 1 unspecified atom stereocenters. The number of ether oxygens (including phenoxy) is 1. The molecule has 8 heteroatoms. The van der Waals surface area contributed by atoms with Gasteiger partial charge in [-0.2, -0.15) is 0 Å². The molecular weight excluding hydrogens is 553 g/mol. The lowest BCUT2D eigenvalue weighted by Gasteiger charge is -2.41. The van der Waals surface area contributed by atoms with Crippen molar-refractivity contribution < 1.29 is 13.9 Å². The number of allylic oxidation sites excluding steroid dienone is 3. The maximum Gasteiger partial charge on any atom is 0.226 e. The Labute approximate surface area is 263 Å². The van der Waals surface area contributed by atoms with Crippen molar-refractivity contribution in [2.75, 3.05) is 45.9 Å². The summed E-state index contributed by atoms with van der Waals surface area (Å²) in [6.45, 7) is 14.2. The first-order valence-corrected chi connectivity index (χ1v) is 17.0. The molecular formula is C36H52FN5O2. The number of halogens is 1. The van der Waals surface area contributed by atoms with Crippen molar-refractivity contribution in [1.29, 1.82) is 0 Å². The van der Waals surface area contributed by atoms with Crippen molar-refractivity contribution in [3.05, 3.63) is 47.4 Å². The van der Waals surface area contributed by atoms with Gasteiger partial charge in [0.2, 0.25) is 11.9 Å². The van der Waals surface area contributed by atoms with E-state index in [1.54, 1.807) is 12.1 Å². The first-order valence-electron chi connectivity index (χ1n) is 17.0. The van der Waals surface area contributed by atoms with Crippen LogP contribution in [0.3, 0.4) is 0 Å². The number of hydrogen-bond acceptors (Lipinski definition) is 4. The van der Waals surface area contributed by atoms with Gasteiger partial charge in [-0.3, -0.25) is 4.79 Å². The van der Waals surface area contributed by atoms with E-state index in [2.05, 4.69) is 51.3 Å². The number of rotatable bonds is 8. The summed E-state index contributed by atoms with van der Waals surface area (Å²) in [7, 11) is 0. The molecule has 0 spiro atoms. The van der Waals surface area contributed by atoms with E-state index in [1.165, 1.54) is 37.9 Å². The lowest BCUT2D eigenvalue weighted by Crippen LogP contribution is -2.49. The Morgan fingerprint density at radius 1 is 1.02 bits per heavy atom. The average Bonchev–Trinajstić information content (AvgIpc) is 3.08. The van der Waals surface area contributed by atoms with Crippen molar-refractivity contribution in [1.82, 2.24) is 14.7 Å². The lowest BCUT2D eigenvalue weighted by atomic mass is 9.85. The quantitative estimate of drug-likeness (QED) is 0.238. The number of piperidine rings is 3. The molecule has 240 valence electrons. The van der Waals surface area contributed by atoms with Gasteiger partial charge in [-0.15, -0.1) is 0 Å². The third kappa shape index (κ3) is 8.38. The molecule has 0 saturated carbocycles. The summed E-state index contributed by atoms with van der Waals surface area (Å²) in [6.07, 6.45) is 15.4. The van der Waals surface area contributed by atoms with E-state index < -0.39 is 0 Å². The Balaban J connectivity index is 1.06. The number of amides is 1. The summed E-state index contributed by atoms with van der Waals surface area (Å²) in [6, 6.07) is 5.98. The first kappa shape index (κ1) is 32.4. The number of carbonyl (C=O) groups excluding carboxylic acids is 1. The normalized spacial score (nSPS) is 23.4. The first-order chi connectivity index (χ1) is 21.4. The van der Waals surface area contributed by atoms with Crippen LogP contribution >= 0.6 is 0 Å². The molecule has 0 aromatic heterocycles. The van der Waals surface area contributed by atoms with E-state index in [-0.39, 0.29) is 11.7 Å². The second kappa shape index (κ2) is 15.8. The van der Waals surface area contributed by atoms with Gasteiger partial charge < -0.3 is 19.4 Å². The highest BCUT2D eigenvalue weighted by Gasteiger charge is 2.32. The number of guanidine groups is 1. The molecule has 3 heterocycles. The fraction of sp³-hybridized carbons (Fsp3) is 0.639. The zero-order valence-electron chi connectivity index (χ0n) is 27.0. The topological polar surface area (TPSA) is 60.7 Å². The SMILES string of the molecule is C=N/C(=N\C=C(/C)CC)N1CCC(COc2ccc(C3=CCC(C(=O)N4CCC(N5CCCCC5)CC4)CC3)cc2F)CC1. The van der Waals surface area contributed by atoms with Crippen molar-refractivity contribution >= 4 is 24.2 Å².